The first-order valence-corrected chi connectivity index (χ1v) is 15.4. The average molecular weight is 504 g/mol. The van der Waals surface area contributed by atoms with Crippen molar-refractivity contribution < 1.29 is 20.1 Å². The quantitative estimate of drug-likeness (QED) is 0.484. The van der Waals surface area contributed by atoms with Gasteiger partial charge < -0.3 is 20.2 Å². The molecule has 0 aromatic rings. The van der Waals surface area contributed by atoms with Gasteiger partial charge in [0.2, 0.25) is 5.91 Å². The SMILES string of the molecule is CCC1(O)CCN(C(=O)CCC(C)[C@H]2CC[C@H]3[C@@H]4C[C@H](O)[C@H]5C[C@@H](O)CC[C@]5(C)[C@H]4CC[C@]23C)CC1. The molecule has 10 atom stereocenters. The molecule has 3 N–H and O–H groups in total. The van der Waals surface area contributed by atoms with Crippen molar-refractivity contribution in [2.75, 3.05) is 13.1 Å². The van der Waals surface area contributed by atoms with Crippen molar-refractivity contribution >= 4 is 5.91 Å². The lowest BCUT2D eigenvalue weighted by Crippen LogP contribution is -2.58. The van der Waals surface area contributed by atoms with Crippen LogP contribution in [0, 0.1) is 46.3 Å². The van der Waals surface area contributed by atoms with E-state index in [4.69, 9.17) is 0 Å². The van der Waals surface area contributed by atoms with Gasteiger partial charge in [0, 0.05) is 19.5 Å². The van der Waals surface area contributed by atoms with E-state index in [2.05, 4.69) is 20.8 Å². The maximum atomic E-state index is 13.0. The van der Waals surface area contributed by atoms with Gasteiger partial charge in [-0.3, -0.25) is 4.79 Å². The minimum Gasteiger partial charge on any atom is -0.393 e. The number of amides is 1. The number of aliphatic hydroxyl groups is 3. The summed E-state index contributed by atoms with van der Waals surface area (Å²) in [5.41, 5.74) is -0.0710. The molecule has 0 aromatic heterocycles. The number of rotatable bonds is 5. The Hall–Kier alpha value is -0.650. The first kappa shape index (κ1) is 26.9. The molecule has 5 heteroatoms. The summed E-state index contributed by atoms with van der Waals surface area (Å²) < 4.78 is 0. The largest absolute Gasteiger partial charge is 0.393 e. The van der Waals surface area contributed by atoms with Crippen LogP contribution in [0.2, 0.25) is 0 Å². The Bertz CT molecular complexity index is 808. The van der Waals surface area contributed by atoms with Gasteiger partial charge in [0.15, 0.2) is 0 Å². The van der Waals surface area contributed by atoms with Crippen LogP contribution >= 0.6 is 0 Å². The lowest BCUT2D eigenvalue weighted by Gasteiger charge is -2.62. The van der Waals surface area contributed by atoms with E-state index in [1.54, 1.807) is 0 Å². The fourth-order valence-corrected chi connectivity index (χ4v) is 10.5. The molecule has 0 bridgehead atoms. The summed E-state index contributed by atoms with van der Waals surface area (Å²) in [6, 6.07) is 0. The number of piperidine rings is 1. The predicted octanol–water partition coefficient (Wildman–Crippen LogP) is 5.16. The monoisotopic (exact) mass is 503 g/mol. The third-order valence-corrected chi connectivity index (χ3v) is 12.9. The molecule has 1 aliphatic heterocycles. The molecule has 0 spiro atoms. The molecule has 1 saturated heterocycles. The fraction of sp³-hybridized carbons (Fsp3) is 0.968. The number of aliphatic hydroxyl groups excluding tert-OH is 2. The van der Waals surface area contributed by atoms with Crippen LogP contribution < -0.4 is 0 Å². The van der Waals surface area contributed by atoms with Crippen LogP contribution in [0.25, 0.3) is 0 Å². The van der Waals surface area contributed by atoms with Gasteiger partial charge >= 0.3 is 0 Å². The lowest BCUT2D eigenvalue weighted by molar-refractivity contribution is -0.172. The summed E-state index contributed by atoms with van der Waals surface area (Å²) in [5, 5.41) is 32.1. The molecule has 5 rings (SSSR count). The van der Waals surface area contributed by atoms with Crippen LogP contribution in [0.1, 0.15) is 111 Å². The minimum atomic E-state index is -0.572. The highest BCUT2D eigenvalue weighted by atomic mass is 16.3. The predicted molar refractivity (Wildman–Crippen MR) is 142 cm³/mol. The Morgan fingerprint density at radius 1 is 0.917 bits per heavy atom. The Labute approximate surface area is 219 Å². The van der Waals surface area contributed by atoms with E-state index < -0.39 is 5.60 Å². The summed E-state index contributed by atoms with van der Waals surface area (Å²) in [5.74, 6) is 3.73. The molecule has 1 heterocycles. The maximum absolute atomic E-state index is 13.0. The normalized spacial score (nSPS) is 47.0. The molecule has 1 amide bonds. The van der Waals surface area contributed by atoms with E-state index in [1.165, 1.54) is 25.7 Å². The van der Waals surface area contributed by atoms with Gasteiger partial charge in [-0.05, 0) is 123 Å². The third-order valence-electron chi connectivity index (χ3n) is 12.9. The second-order valence-electron chi connectivity index (χ2n) is 14.4. The highest BCUT2D eigenvalue weighted by molar-refractivity contribution is 5.76. The second kappa shape index (κ2) is 9.83. The second-order valence-corrected chi connectivity index (χ2v) is 14.4. The van der Waals surface area contributed by atoms with Crippen LogP contribution in [-0.4, -0.2) is 57.0 Å². The standard InChI is InChI=1S/C31H53NO4/c1-5-31(36)14-16-32(17-15-31)28(35)9-6-20(2)23-7-8-24-22-19-27(34)26-18-21(33)10-12-30(26,4)25(22)11-13-29(23,24)3/h20-27,33-34,36H,5-19H2,1-4H3/t20?,21-,22-,23+,24-,25-,26+,27-,29+,30+/m0/s1. The van der Waals surface area contributed by atoms with E-state index in [0.29, 0.717) is 67.4 Å². The number of carbonyl (C=O) groups excluding carboxylic acids is 1. The van der Waals surface area contributed by atoms with Crippen LogP contribution in [0.15, 0.2) is 0 Å². The summed E-state index contributed by atoms with van der Waals surface area (Å²) in [6.07, 6.45) is 12.1. The summed E-state index contributed by atoms with van der Waals surface area (Å²) >= 11 is 0. The Morgan fingerprint density at radius 2 is 1.58 bits per heavy atom. The lowest BCUT2D eigenvalue weighted by atomic mass is 9.44. The molecule has 36 heavy (non-hydrogen) atoms. The van der Waals surface area contributed by atoms with Gasteiger partial charge in [-0.1, -0.05) is 27.7 Å². The van der Waals surface area contributed by atoms with Crippen LogP contribution in [0.4, 0.5) is 0 Å². The average Bonchev–Trinajstić information content (AvgIpc) is 3.21. The van der Waals surface area contributed by atoms with Crippen LogP contribution in [0.5, 0.6) is 0 Å². The highest BCUT2D eigenvalue weighted by Gasteiger charge is 2.62. The Balaban J connectivity index is 1.21. The van der Waals surface area contributed by atoms with E-state index in [9.17, 15) is 20.1 Å². The molecule has 5 aliphatic rings. The topological polar surface area (TPSA) is 81.0 Å². The van der Waals surface area contributed by atoms with E-state index in [1.807, 2.05) is 11.8 Å². The fourth-order valence-electron chi connectivity index (χ4n) is 10.5. The summed E-state index contributed by atoms with van der Waals surface area (Å²) in [4.78, 5) is 15.0. The van der Waals surface area contributed by atoms with Crippen molar-refractivity contribution in [3.8, 4) is 0 Å². The van der Waals surface area contributed by atoms with Crippen molar-refractivity contribution in [2.45, 2.75) is 129 Å². The van der Waals surface area contributed by atoms with Gasteiger partial charge in [0.1, 0.15) is 0 Å². The molecular weight excluding hydrogens is 450 g/mol. The molecule has 0 aromatic carbocycles. The zero-order chi connectivity index (χ0) is 25.9. The number of nitrogens with zero attached hydrogens (tertiary/aromatic N) is 1. The number of hydrogen-bond donors (Lipinski definition) is 3. The van der Waals surface area contributed by atoms with Gasteiger partial charge in [0.05, 0.1) is 17.8 Å². The first-order chi connectivity index (χ1) is 17.0. The number of hydrogen-bond acceptors (Lipinski definition) is 4. The smallest absolute Gasteiger partial charge is 0.222 e. The third kappa shape index (κ3) is 4.47. The van der Waals surface area contributed by atoms with E-state index in [0.717, 1.165) is 38.5 Å². The Kier molecular flexibility index (Phi) is 7.35. The van der Waals surface area contributed by atoms with Crippen LogP contribution in [-0.2, 0) is 4.79 Å². The molecule has 5 fully saturated rings. The maximum Gasteiger partial charge on any atom is 0.222 e. The van der Waals surface area contributed by atoms with Crippen molar-refractivity contribution in [3.63, 3.8) is 0 Å². The molecule has 5 nitrogen and oxygen atoms in total. The van der Waals surface area contributed by atoms with Gasteiger partial charge in [-0.2, -0.15) is 0 Å². The molecule has 4 saturated carbocycles. The first-order valence-electron chi connectivity index (χ1n) is 15.4. The number of fused-ring (bicyclic) bond motifs is 5. The zero-order valence-electron chi connectivity index (χ0n) is 23.4. The molecule has 4 aliphatic carbocycles. The molecule has 0 radical (unpaired) electrons. The highest BCUT2D eigenvalue weighted by Crippen LogP contribution is 2.68. The number of likely N-dealkylation sites (tertiary alicyclic amines) is 1. The van der Waals surface area contributed by atoms with Crippen molar-refractivity contribution in [1.82, 2.24) is 4.90 Å². The van der Waals surface area contributed by atoms with Crippen LogP contribution in [0.3, 0.4) is 0 Å². The molecule has 206 valence electrons. The summed E-state index contributed by atoms with van der Waals surface area (Å²) in [7, 11) is 0. The molecule has 1 unspecified atom stereocenters. The molecular formula is C31H53NO4. The van der Waals surface area contributed by atoms with Crippen molar-refractivity contribution in [3.05, 3.63) is 0 Å². The minimum absolute atomic E-state index is 0.178. The number of carbonyl (C=O) groups is 1. The van der Waals surface area contributed by atoms with Crippen molar-refractivity contribution in [1.29, 1.82) is 0 Å². The van der Waals surface area contributed by atoms with Crippen molar-refractivity contribution in [2.24, 2.45) is 46.3 Å². The zero-order valence-corrected chi connectivity index (χ0v) is 23.4. The summed E-state index contributed by atoms with van der Waals surface area (Å²) in [6.45, 7) is 10.8. The van der Waals surface area contributed by atoms with E-state index >= 15 is 0 Å². The van der Waals surface area contributed by atoms with Gasteiger partial charge in [-0.15, -0.1) is 0 Å². The van der Waals surface area contributed by atoms with Gasteiger partial charge in [-0.25, -0.2) is 0 Å². The van der Waals surface area contributed by atoms with Gasteiger partial charge in [0.25, 0.3) is 0 Å². The van der Waals surface area contributed by atoms with E-state index in [-0.39, 0.29) is 29.4 Å². The Morgan fingerprint density at radius 3 is 2.28 bits per heavy atom.